The van der Waals surface area contributed by atoms with Gasteiger partial charge < -0.3 is 14.6 Å². The normalized spacial score (nSPS) is 30.2. The Morgan fingerprint density at radius 2 is 1.74 bits per heavy atom. The van der Waals surface area contributed by atoms with E-state index >= 15 is 0 Å². The second-order valence-electron chi connectivity index (χ2n) is 6.79. The fourth-order valence-electron chi connectivity index (χ4n) is 2.47. The number of hydrogen-bond acceptors (Lipinski definition) is 3. The lowest BCUT2D eigenvalue weighted by Gasteiger charge is -2.34. The van der Waals surface area contributed by atoms with E-state index in [4.69, 9.17) is 9.31 Å². The molecule has 0 amide bonds. The summed E-state index contributed by atoms with van der Waals surface area (Å²) < 4.78 is 25.9. The SMILES string of the molecule is CNC(C)C1CC(=C(F)B2OC(C)(C)C(C)(C)O2)C1. The number of rotatable bonds is 3. The standard InChI is InChI=1S/C14H25BFNO2/c1-9(17-6)10-7-11(8-10)12(16)15-18-13(2,3)14(4,5)19-15/h9-10,17H,7-8H2,1-6H3. The molecule has 1 atom stereocenters. The van der Waals surface area contributed by atoms with Gasteiger partial charge in [-0.15, -0.1) is 0 Å². The summed E-state index contributed by atoms with van der Waals surface area (Å²) in [4.78, 5) is 0. The molecule has 0 aromatic carbocycles. The maximum Gasteiger partial charge on any atom is 0.525 e. The average Bonchev–Trinajstić information content (AvgIpc) is 2.45. The van der Waals surface area contributed by atoms with Gasteiger partial charge in [-0.3, -0.25) is 0 Å². The molecule has 1 aliphatic carbocycles. The van der Waals surface area contributed by atoms with Gasteiger partial charge in [0.2, 0.25) is 0 Å². The molecule has 5 heteroatoms. The molecule has 1 aliphatic heterocycles. The molecular formula is C14H25BFNO2. The summed E-state index contributed by atoms with van der Waals surface area (Å²) >= 11 is 0. The number of halogens is 1. The molecule has 3 nitrogen and oxygen atoms in total. The lowest BCUT2D eigenvalue weighted by Crippen LogP contribution is -2.41. The van der Waals surface area contributed by atoms with Crippen molar-refractivity contribution in [1.29, 1.82) is 0 Å². The molecule has 1 heterocycles. The molecule has 1 N–H and O–H groups in total. The van der Waals surface area contributed by atoms with E-state index in [1.165, 1.54) is 0 Å². The molecule has 0 spiro atoms. The van der Waals surface area contributed by atoms with E-state index in [0.717, 1.165) is 18.4 Å². The third-order valence-electron chi connectivity index (χ3n) is 4.98. The molecule has 0 aromatic heterocycles. The fraction of sp³-hybridized carbons (Fsp3) is 0.857. The molecule has 1 unspecified atom stereocenters. The number of hydrogen-bond donors (Lipinski definition) is 1. The molecule has 108 valence electrons. The minimum absolute atomic E-state index is 0.210. The molecule has 1 saturated carbocycles. The lowest BCUT2D eigenvalue weighted by atomic mass is 9.70. The summed E-state index contributed by atoms with van der Waals surface area (Å²) in [6.07, 6.45) is 1.61. The number of nitrogens with one attached hydrogen (secondary N) is 1. The Kier molecular flexibility index (Phi) is 3.84. The summed E-state index contributed by atoms with van der Waals surface area (Å²) in [7, 11) is 1.11. The van der Waals surface area contributed by atoms with Crippen LogP contribution in [-0.2, 0) is 9.31 Å². The highest BCUT2D eigenvalue weighted by Crippen LogP contribution is 2.43. The van der Waals surface area contributed by atoms with Gasteiger partial charge in [0.25, 0.3) is 0 Å². The summed E-state index contributed by atoms with van der Waals surface area (Å²) in [5.41, 5.74) is -0.308. The van der Waals surface area contributed by atoms with Crippen LogP contribution in [0.3, 0.4) is 0 Å². The van der Waals surface area contributed by atoms with Gasteiger partial charge in [-0.25, -0.2) is 4.39 Å². The minimum Gasteiger partial charge on any atom is -0.398 e. The maximum atomic E-state index is 14.4. The van der Waals surface area contributed by atoms with Gasteiger partial charge >= 0.3 is 7.12 Å². The molecule has 19 heavy (non-hydrogen) atoms. The Hall–Kier alpha value is -0.385. The van der Waals surface area contributed by atoms with Crippen LogP contribution in [0, 0.1) is 5.92 Å². The van der Waals surface area contributed by atoms with Crippen LogP contribution in [0.5, 0.6) is 0 Å². The van der Waals surface area contributed by atoms with E-state index in [1.54, 1.807) is 0 Å². The van der Waals surface area contributed by atoms with E-state index < -0.39 is 18.3 Å². The van der Waals surface area contributed by atoms with Gasteiger partial charge in [-0.2, -0.15) is 0 Å². The first-order chi connectivity index (χ1) is 8.68. The van der Waals surface area contributed by atoms with Gasteiger partial charge in [0.05, 0.1) is 11.2 Å². The van der Waals surface area contributed by atoms with Crippen LogP contribution in [0.15, 0.2) is 11.3 Å². The molecule has 2 fully saturated rings. The van der Waals surface area contributed by atoms with Crippen molar-refractivity contribution in [2.24, 2.45) is 5.92 Å². The second kappa shape index (κ2) is 4.87. The van der Waals surface area contributed by atoms with Crippen molar-refractivity contribution < 1.29 is 13.7 Å². The highest BCUT2D eigenvalue weighted by molar-refractivity contribution is 6.53. The van der Waals surface area contributed by atoms with E-state index in [2.05, 4.69) is 12.2 Å². The average molecular weight is 269 g/mol. The van der Waals surface area contributed by atoms with Crippen LogP contribution in [-0.4, -0.2) is 31.4 Å². The molecule has 2 aliphatic rings. The first-order valence-corrected chi connectivity index (χ1v) is 7.08. The van der Waals surface area contributed by atoms with Crippen LogP contribution < -0.4 is 5.32 Å². The third kappa shape index (κ3) is 2.60. The monoisotopic (exact) mass is 269 g/mol. The van der Waals surface area contributed by atoms with E-state index in [9.17, 15) is 4.39 Å². The van der Waals surface area contributed by atoms with Crippen LogP contribution in [0.2, 0.25) is 0 Å². The van der Waals surface area contributed by atoms with Crippen molar-refractivity contribution in [2.75, 3.05) is 7.05 Å². The van der Waals surface area contributed by atoms with Gasteiger partial charge in [-0.05, 0) is 66.0 Å². The predicted molar refractivity (Wildman–Crippen MR) is 75.5 cm³/mol. The maximum absolute atomic E-state index is 14.4. The van der Waals surface area contributed by atoms with Gasteiger partial charge in [0.15, 0.2) is 0 Å². The molecule has 0 radical (unpaired) electrons. The van der Waals surface area contributed by atoms with Crippen molar-refractivity contribution in [3.63, 3.8) is 0 Å². The van der Waals surface area contributed by atoms with Crippen molar-refractivity contribution in [3.05, 3.63) is 11.3 Å². The van der Waals surface area contributed by atoms with E-state index in [1.807, 2.05) is 34.7 Å². The summed E-state index contributed by atoms with van der Waals surface area (Å²) in [6, 6.07) is 0.426. The Labute approximate surface area is 116 Å². The molecule has 0 bridgehead atoms. The molecular weight excluding hydrogens is 244 g/mol. The zero-order valence-corrected chi connectivity index (χ0v) is 12.8. The third-order valence-corrected chi connectivity index (χ3v) is 4.98. The Bertz CT molecular complexity index is 371. The summed E-state index contributed by atoms with van der Waals surface area (Å²) in [6.45, 7) is 9.90. The van der Waals surface area contributed by atoms with Crippen molar-refractivity contribution in [2.45, 2.75) is 64.7 Å². The topological polar surface area (TPSA) is 30.5 Å². The lowest BCUT2D eigenvalue weighted by molar-refractivity contribution is 0.00578. The van der Waals surface area contributed by atoms with Crippen LogP contribution in [0.25, 0.3) is 0 Å². The quantitative estimate of drug-likeness (QED) is 0.799. The Balaban J connectivity index is 2.02. The van der Waals surface area contributed by atoms with Gasteiger partial charge in [0, 0.05) is 6.04 Å². The first-order valence-electron chi connectivity index (χ1n) is 7.08. The van der Waals surface area contributed by atoms with Crippen molar-refractivity contribution in [1.82, 2.24) is 5.32 Å². The predicted octanol–water partition coefficient (Wildman–Crippen LogP) is 2.86. The molecule has 1 saturated heterocycles. The summed E-state index contributed by atoms with van der Waals surface area (Å²) in [5.74, 6) is 0.521. The van der Waals surface area contributed by atoms with E-state index in [-0.39, 0.29) is 5.73 Å². The van der Waals surface area contributed by atoms with Crippen molar-refractivity contribution in [3.8, 4) is 0 Å². The largest absolute Gasteiger partial charge is 0.525 e. The molecule has 0 aromatic rings. The van der Waals surface area contributed by atoms with E-state index in [0.29, 0.717) is 12.0 Å². The fourth-order valence-corrected chi connectivity index (χ4v) is 2.47. The highest BCUT2D eigenvalue weighted by atomic mass is 19.1. The smallest absolute Gasteiger partial charge is 0.398 e. The minimum atomic E-state index is -0.828. The Morgan fingerprint density at radius 1 is 1.26 bits per heavy atom. The summed E-state index contributed by atoms with van der Waals surface area (Å²) in [5, 5.41) is 3.21. The van der Waals surface area contributed by atoms with Gasteiger partial charge in [-0.1, -0.05) is 0 Å². The van der Waals surface area contributed by atoms with Crippen LogP contribution in [0.1, 0.15) is 47.5 Å². The zero-order valence-electron chi connectivity index (χ0n) is 12.8. The zero-order chi connectivity index (χ0) is 14.4. The first kappa shape index (κ1) is 15.0. The Morgan fingerprint density at radius 3 is 2.16 bits per heavy atom. The number of allylic oxidation sites excluding steroid dienone is 1. The molecule has 2 rings (SSSR count). The van der Waals surface area contributed by atoms with Crippen molar-refractivity contribution >= 4 is 7.12 Å². The van der Waals surface area contributed by atoms with Crippen LogP contribution >= 0.6 is 0 Å². The van der Waals surface area contributed by atoms with Gasteiger partial charge in [0.1, 0.15) is 5.73 Å². The highest BCUT2D eigenvalue weighted by Gasteiger charge is 2.54. The van der Waals surface area contributed by atoms with Crippen LogP contribution in [0.4, 0.5) is 4.39 Å². The second-order valence-corrected chi connectivity index (χ2v) is 6.79.